The molecule has 110 valence electrons. The fourth-order valence-electron chi connectivity index (χ4n) is 3.53. The average molecular weight is 305 g/mol. The van der Waals surface area contributed by atoms with E-state index < -0.39 is 0 Å². The van der Waals surface area contributed by atoms with E-state index >= 15 is 0 Å². The van der Waals surface area contributed by atoms with Crippen molar-refractivity contribution in [2.45, 2.75) is 26.8 Å². The third-order valence-electron chi connectivity index (χ3n) is 4.45. The van der Waals surface area contributed by atoms with Crippen molar-refractivity contribution in [3.05, 3.63) is 63.5 Å². The van der Waals surface area contributed by atoms with Crippen molar-refractivity contribution >= 4 is 27.5 Å². The van der Waals surface area contributed by atoms with Crippen LogP contribution in [0.5, 0.6) is 0 Å². The third kappa shape index (κ3) is 2.03. The highest BCUT2D eigenvalue weighted by Crippen LogP contribution is 2.43. The van der Waals surface area contributed by atoms with Gasteiger partial charge in [0.05, 0.1) is 0 Å². The Labute approximate surface area is 135 Å². The molecule has 3 aromatic rings. The first-order valence-corrected chi connectivity index (χ1v) is 8.50. The van der Waals surface area contributed by atoms with Crippen LogP contribution in [-0.2, 0) is 13.0 Å². The molecule has 0 fully saturated rings. The van der Waals surface area contributed by atoms with E-state index in [1.54, 1.807) is 0 Å². The first-order valence-electron chi connectivity index (χ1n) is 7.69. The molecule has 2 heteroatoms. The fourth-order valence-corrected chi connectivity index (χ4v) is 4.51. The summed E-state index contributed by atoms with van der Waals surface area (Å²) in [5.74, 6) is 0. The number of rotatable bonds is 2. The molecular formula is C20H19NS. The van der Waals surface area contributed by atoms with Crippen molar-refractivity contribution in [2.24, 2.45) is 5.73 Å². The summed E-state index contributed by atoms with van der Waals surface area (Å²) in [6, 6.07) is 13.2. The van der Waals surface area contributed by atoms with E-state index in [9.17, 15) is 0 Å². The molecule has 0 amide bonds. The molecule has 1 aliphatic carbocycles. The summed E-state index contributed by atoms with van der Waals surface area (Å²) in [6.45, 7) is 4.99. The Bertz CT molecular complexity index is 915. The van der Waals surface area contributed by atoms with Crippen molar-refractivity contribution in [3.63, 3.8) is 0 Å². The minimum atomic E-state index is 0.580. The van der Waals surface area contributed by atoms with Gasteiger partial charge in [0, 0.05) is 21.5 Å². The normalized spacial score (nSPS) is 13.5. The van der Waals surface area contributed by atoms with Gasteiger partial charge in [-0.1, -0.05) is 35.9 Å². The quantitative estimate of drug-likeness (QED) is 0.683. The Morgan fingerprint density at radius 1 is 1.14 bits per heavy atom. The molecule has 1 aliphatic rings. The van der Waals surface area contributed by atoms with Gasteiger partial charge in [0.25, 0.3) is 0 Å². The second-order valence-corrected chi connectivity index (χ2v) is 7.40. The largest absolute Gasteiger partial charge is 0.326 e. The van der Waals surface area contributed by atoms with Gasteiger partial charge in [0.15, 0.2) is 0 Å². The molecule has 1 aromatic heterocycles. The lowest BCUT2D eigenvalue weighted by molar-refractivity contribution is 1.07. The van der Waals surface area contributed by atoms with E-state index in [2.05, 4.69) is 56.3 Å². The Hall–Kier alpha value is -1.90. The zero-order chi connectivity index (χ0) is 15.3. The van der Waals surface area contributed by atoms with E-state index in [4.69, 9.17) is 5.73 Å². The van der Waals surface area contributed by atoms with Crippen LogP contribution in [0, 0.1) is 6.92 Å². The molecule has 2 N–H and O–H groups in total. The molecule has 2 aromatic carbocycles. The molecule has 0 radical (unpaired) electrons. The van der Waals surface area contributed by atoms with Gasteiger partial charge >= 0.3 is 0 Å². The number of thiophene rings is 1. The maximum Gasteiger partial charge on any atom is 0.0357 e. The minimum Gasteiger partial charge on any atom is -0.326 e. The van der Waals surface area contributed by atoms with E-state index in [-0.39, 0.29) is 0 Å². The minimum absolute atomic E-state index is 0.580. The Morgan fingerprint density at radius 3 is 2.77 bits per heavy atom. The number of nitrogens with two attached hydrogens (primary N) is 1. The van der Waals surface area contributed by atoms with Crippen molar-refractivity contribution in [3.8, 4) is 11.1 Å². The summed E-state index contributed by atoms with van der Waals surface area (Å²) >= 11 is 1.88. The van der Waals surface area contributed by atoms with Crippen LogP contribution in [0.1, 0.15) is 28.5 Å². The maximum absolute atomic E-state index is 6.00. The SMILES string of the molecule is CC1=Cc2cc3sc(C)cc3c(-c3ccccc3CN)c2C1. The predicted octanol–water partition coefficient (Wildman–Crippen LogP) is 5.29. The van der Waals surface area contributed by atoms with Crippen molar-refractivity contribution in [1.29, 1.82) is 0 Å². The summed E-state index contributed by atoms with van der Waals surface area (Å²) in [7, 11) is 0. The summed E-state index contributed by atoms with van der Waals surface area (Å²) in [6.07, 6.45) is 3.38. The topological polar surface area (TPSA) is 26.0 Å². The fraction of sp³-hybridized carbons (Fsp3) is 0.200. The highest BCUT2D eigenvalue weighted by molar-refractivity contribution is 7.19. The lowest BCUT2D eigenvalue weighted by Crippen LogP contribution is -2.00. The predicted molar refractivity (Wildman–Crippen MR) is 97.2 cm³/mol. The van der Waals surface area contributed by atoms with E-state index in [0.717, 1.165) is 6.42 Å². The Kier molecular flexibility index (Phi) is 3.17. The van der Waals surface area contributed by atoms with E-state index in [1.807, 2.05) is 11.3 Å². The number of hydrogen-bond donors (Lipinski definition) is 1. The van der Waals surface area contributed by atoms with Crippen LogP contribution in [0.15, 0.2) is 42.0 Å². The number of aryl methyl sites for hydroxylation is 1. The van der Waals surface area contributed by atoms with Gasteiger partial charge in [-0.2, -0.15) is 0 Å². The molecule has 4 rings (SSSR count). The first kappa shape index (κ1) is 13.7. The maximum atomic E-state index is 6.00. The first-order chi connectivity index (χ1) is 10.7. The molecular weight excluding hydrogens is 286 g/mol. The molecule has 0 unspecified atom stereocenters. The number of benzene rings is 2. The second-order valence-electron chi connectivity index (χ2n) is 6.12. The highest BCUT2D eigenvalue weighted by Gasteiger charge is 2.20. The van der Waals surface area contributed by atoms with Gasteiger partial charge in [-0.05, 0) is 60.2 Å². The van der Waals surface area contributed by atoms with Gasteiger partial charge in [0.1, 0.15) is 0 Å². The lowest BCUT2D eigenvalue weighted by Gasteiger charge is -2.14. The van der Waals surface area contributed by atoms with Crippen LogP contribution in [0.3, 0.4) is 0 Å². The molecule has 0 atom stereocenters. The van der Waals surface area contributed by atoms with E-state index in [1.165, 1.54) is 48.4 Å². The van der Waals surface area contributed by atoms with Gasteiger partial charge in [-0.25, -0.2) is 0 Å². The third-order valence-corrected chi connectivity index (χ3v) is 5.45. The molecule has 0 aliphatic heterocycles. The smallest absolute Gasteiger partial charge is 0.0357 e. The van der Waals surface area contributed by atoms with Crippen LogP contribution in [0.4, 0.5) is 0 Å². The molecule has 1 heterocycles. The molecule has 0 bridgehead atoms. The van der Waals surface area contributed by atoms with Crippen LogP contribution >= 0.6 is 11.3 Å². The van der Waals surface area contributed by atoms with Crippen LogP contribution in [0.2, 0.25) is 0 Å². The van der Waals surface area contributed by atoms with Crippen molar-refractivity contribution < 1.29 is 0 Å². The van der Waals surface area contributed by atoms with Gasteiger partial charge in [0.2, 0.25) is 0 Å². The summed E-state index contributed by atoms with van der Waals surface area (Å²) < 4.78 is 1.38. The number of hydrogen-bond acceptors (Lipinski definition) is 2. The van der Waals surface area contributed by atoms with Crippen molar-refractivity contribution in [1.82, 2.24) is 0 Å². The molecule has 0 saturated carbocycles. The Balaban J connectivity index is 2.11. The second kappa shape index (κ2) is 5.08. The number of allylic oxidation sites excluding steroid dienone is 1. The van der Waals surface area contributed by atoms with Crippen LogP contribution in [0.25, 0.3) is 27.3 Å². The van der Waals surface area contributed by atoms with Gasteiger partial charge in [-0.15, -0.1) is 11.3 Å². The van der Waals surface area contributed by atoms with Gasteiger partial charge < -0.3 is 5.73 Å². The van der Waals surface area contributed by atoms with Crippen LogP contribution < -0.4 is 5.73 Å². The zero-order valence-electron chi connectivity index (χ0n) is 12.9. The molecule has 0 saturated heterocycles. The monoisotopic (exact) mass is 305 g/mol. The summed E-state index contributed by atoms with van der Waals surface area (Å²) in [5, 5.41) is 1.38. The lowest BCUT2D eigenvalue weighted by atomic mass is 9.90. The number of fused-ring (bicyclic) bond motifs is 2. The highest BCUT2D eigenvalue weighted by atomic mass is 32.1. The molecule has 22 heavy (non-hydrogen) atoms. The summed E-state index contributed by atoms with van der Waals surface area (Å²) in [4.78, 5) is 1.37. The van der Waals surface area contributed by atoms with Crippen LogP contribution in [-0.4, -0.2) is 0 Å². The zero-order valence-corrected chi connectivity index (χ0v) is 13.8. The Morgan fingerprint density at radius 2 is 1.95 bits per heavy atom. The van der Waals surface area contributed by atoms with E-state index in [0.29, 0.717) is 6.54 Å². The standard InChI is InChI=1S/C20H19NS/c1-12-7-15-10-19-18(9-13(2)22-19)20(17(15)8-12)16-6-4-3-5-14(16)11-21/h3-7,9-10H,8,11,21H2,1-2H3. The van der Waals surface area contributed by atoms with Gasteiger partial charge in [-0.3, -0.25) is 0 Å². The van der Waals surface area contributed by atoms with Crippen molar-refractivity contribution in [2.75, 3.05) is 0 Å². The average Bonchev–Trinajstić information content (AvgIpc) is 3.05. The molecule has 1 nitrogen and oxygen atoms in total. The summed E-state index contributed by atoms with van der Waals surface area (Å²) in [5.41, 5.74) is 14.2. The molecule has 0 spiro atoms.